The first kappa shape index (κ1) is 23.1. The lowest BCUT2D eigenvalue weighted by Gasteiger charge is -2.37. The summed E-state index contributed by atoms with van der Waals surface area (Å²) >= 11 is 0. The molecule has 1 aromatic heterocycles. The minimum Gasteiger partial charge on any atom is -0.355 e. The van der Waals surface area contributed by atoms with Gasteiger partial charge in [-0.05, 0) is 42.0 Å². The predicted molar refractivity (Wildman–Crippen MR) is 137 cm³/mol. The second kappa shape index (κ2) is 9.03. The first-order valence-electron chi connectivity index (χ1n) is 11.3. The number of aryl methyl sites for hydroxylation is 1. The van der Waals surface area contributed by atoms with Crippen LogP contribution in [-0.2, 0) is 11.3 Å². The van der Waals surface area contributed by atoms with Gasteiger partial charge in [-0.15, -0.1) is 12.4 Å². The van der Waals surface area contributed by atoms with Crippen molar-refractivity contribution in [1.29, 1.82) is 0 Å². The molecule has 5 rings (SSSR count). The molecule has 0 spiro atoms. The van der Waals surface area contributed by atoms with Gasteiger partial charge in [-0.1, -0.05) is 74.0 Å². The highest BCUT2D eigenvalue weighted by atomic mass is 35.5. The van der Waals surface area contributed by atoms with Crippen molar-refractivity contribution in [3.63, 3.8) is 0 Å². The zero-order valence-corrected chi connectivity index (χ0v) is 20.2. The van der Waals surface area contributed by atoms with Crippen molar-refractivity contribution >= 4 is 29.7 Å². The van der Waals surface area contributed by atoms with Crippen molar-refractivity contribution in [3.05, 3.63) is 101 Å². The van der Waals surface area contributed by atoms with Gasteiger partial charge in [-0.2, -0.15) is 0 Å². The van der Waals surface area contributed by atoms with Crippen LogP contribution in [-0.4, -0.2) is 10.8 Å². The average Bonchev–Trinajstić information content (AvgIpc) is 2.88. The van der Waals surface area contributed by atoms with E-state index in [9.17, 15) is 4.79 Å². The Morgan fingerprint density at radius 1 is 1.03 bits per heavy atom. The number of carbonyl (C=O) groups excluding carboxylic acids is 1. The number of halogens is 1. The summed E-state index contributed by atoms with van der Waals surface area (Å²) in [6, 6.07) is 22.8. The topological polar surface area (TPSA) is 45.2 Å². The Labute approximate surface area is 202 Å². The van der Waals surface area contributed by atoms with Gasteiger partial charge in [0.25, 0.3) is 0 Å². The number of ketones is 1. The maximum Gasteiger partial charge on any atom is 0.163 e. The molecule has 0 bridgehead atoms. The summed E-state index contributed by atoms with van der Waals surface area (Å²) in [5.74, 6) is 1.10. The van der Waals surface area contributed by atoms with Crippen LogP contribution in [0.4, 0.5) is 11.5 Å². The maximum absolute atomic E-state index is 13.6. The Morgan fingerprint density at radius 3 is 2.58 bits per heavy atom. The van der Waals surface area contributed by atoms with E-state index in [0.29, 0.717) is 13.0 Å². The number of aromatic nitrogens is 1. The quantitative estimate of drug-likeness (QED) is 0.477. The molecular formula is C28H30ClN3O. The van der Waals surface area contributed by atoms with E-state index in [2.05, 4.69) is 85.6 Å². The van der Waals surface area contributed by atoms with E-state index < -0.39 is 0 Å². The Hall–Kier alpha value is -3.11. The zero-order chi connectivity index (χ0) is 22.3. The molecule has 1 unspecified atom stereocenters. The Bertz CT molecular complexity index is 1200. The van der Waals surface area contributed by atoms with Crippen LogP contribution in [0, 0.1) is 12.3 Å². The van der Waals surface area contributed by atoms with Crippen LogP contribution in [0.2, 0.25) is 0 Å². The molecule has 170 valence electrons. The third-order valence-corrected chi connectivity index (χ3v) is 6.40. The van der Waals surface area contributed by atoms with E-state index in [-0.39, 0.29) is 29.6 Å². The summed E-state index contributed by atoms with van der Waals surface area (Å²) in [4.78, 5) is 20.7. The number of allylic oxidation sites excluding steroid dienone is 1. The van der Waals surface area contributed by atoms with Gasteiger partial charge in [0.05, 0.1) is 11.7 Å². The molecule has 2 aliphatic rings. The number of nitrogens with zero attached hydrogens (tertiary/aromatic N) is 2. The Morgan fingerprint density at radius 2 is 1.82 bits per heavy atom. The van der Waals surface area contributed by atoms with Crippen molar-refractivity contribution in [2.24, 2.45) is 5.41 Å². The SMILES string of the molecule is Cc1cccc(CN2c3ncccc3NC3=C(C(=O)CC(C)(C)C3)C2c2ccccc2)c1.Cl. The van der Waals surface area contributed by atoms with Crippen LogP contribution < -0.4 is 10.2 Å². The van der Waals surface area contributed by atoms with Crippen molar-refractivity contribution in [3.8, 4) is 0 Å². The second-order valence-electron chi connectivity index (χ2n) is 9.76. The van der Waals surface area contributed by atoms with Gasteiger partial charge in [-0.25, -0.2) is 4.98 Å². The first-order valence-corrected chi connectivity index (χ1v) is 11.3. The first-order chi connectivity index (χ1) is 15.4. The number of benzene rings is 2. The summed E-state index contributed by atoms with van der Waals surface area (Å²) < 4.78 is 0. The summed E-state index contributed by atoms with van der Waals surface area (Å²) in [5.41, 5.74) is 6.33. The van der Waals surface area contributed by atoms with Crippen LogP contribution in [0.3, 0.4) is 0 Å². The second-order valence-corrected chi connectivity index (χ2v) is 9.76. The maximum atomic E-state index is 13.6. The molecule has 1 aliphatic heterocycles. The van der Waals surface area contributed by atoms with Crippen molar-refractivity contribution < 1.29 is 4.79 Å². The molecule has 5 heteroatoms. The summed E-state index contributed by atoms with van der Waals surface area (Å²) in [6.45, 7) is 7.13. The highest BCUT2D eigenvalue weighted by Crippen LogP contribution is 2.48. The van der Waals surface area contributed by atoms with E-state index >= 15 is 0 Å². The van der Waals surface area contributed by atoms with Crippen LogP contribution in [0.5, 0.6) is 0 Å². The Balaban J connectivity index is 0.00000259. The van der Waals surface area contributed by atoms with E-state index in [1.54, 1.807) is 0 Å². The fourth-order valence-electron chi connectivity index (χ4n) is 5.08. The average molecular weight is 460 g/mol. The minimum absolute atomic E-state index is 0. The molecule has 0 amide bonds. The number of carbonyl (C=O) groups is 1. The standard InChI is InChI=1S/C28H29N3O.ClH/c1-19-9-7-10-20(15-19)18-31-26(21-11-5-4-6-12-21)25-23(16-28(2,3)17-24(25)32)30-22-13-8-14-29-27(22)31;/h4-15,26,30H,16-18H2,1-3H3;1H. The number of nitrogens with one attached hydrogen (secondary N) is 1. The normalized spacial score (nSPS) is 19.1. The van der Waals surface area contributed by atoms with Crippen molar-refractivity contribution in [2.75, 3.05) is 10.2 Å². The molecule has 4 nitrogen and oxygen atoms in total. The van der Waals surface area contributed by atoms with Gasteiger partial charge in [0.15, 0.2) is 11.6 Å². The highest BCUT2D eigenvalue weighted by Gasteiger charge is 2.41. The van der Waals surface area contributed by atoms with Gasteiger partial charge in [0, 0.05) is 30.4 Å². The summed E-state index contributed by atoms with van der Waals surface area (Å²) in [6.07, 6.45) is 3.23. The van der Waals surface area contributed by atoms with Gasteiger partial charge in [0.2, 0.25) is 0 Å². The van der Waals surface area contributed by atoms with Gasteiger partial charge >= 0.3 is 0 Å². The lowest BCUT2D eigenvalue weighted by molar-refractivity contribution is -0.118. The van der Waals surface area contributed by atoms with Gasteiger partial charge in [-0.3, -0.25) is 4.79 Å². The van der Waals surface area contributed by atoms with E-state index in [4.69, 9.17) is 4.98 Å². The smallest absolute Gasteiger partial charge is 0.163 e. The molecule has 2 heterocycles. The summed E-state index contributed by atoms with van der Waals surface area (Å²) in [5, 5.41) is 3.63. The van der Waals surface area contributed by atoms with E-state index in [1.165, 1.54) is 11.1 Å². The number of Topliss-reactive ketones (excluding diaryl/α,β-unsaturated/α-hetero) is 1. The van der Waals surface area contributed by atoms with Gasteiger partial charge < -0.3 is 10.2 Å². The fourth-order valence-corrected chi connectivity index (χ4v) is 5.08. The predicted octanol–water partition coefficient (Wildman–Crippen LogP) is 6.63. The largest absolute Gasteiger partial charge is 0.355 e. The lowest BCUT2D eigenvalue weighted by Crippen LogP contribution is -2.36. The molecule has 33 heavy (non-hydrogen) atoms. The number of rotatable bonds is 3. The molecule has 0 saturated heterocycles. The van der Waals surface area contributed by atoms with Crippen molar-refractivity contribution in [2.45, 2.75) is 46.2 Å². The molecule has 0 fully saturated rings. The monoisotopic (exact) mass is 459 g/mol. The zero-order valence-electron chi connectivity index (χ0n) is 19.3. The molecule has 1 aliphatic carbocycles. The summed E-state index contributed by atoms with van der Waals surface area (Å²) in [7, 11) is 0. The number of pyridine rings is 1. The minimum atomic E-state index is -0.195. The number of fused-ring (bicyclic) bond motifs is 1. The van der Waals surface area contributed by atoms with Crippen LogP contribution in [0.25, 0.3) is 0 Å². The highest BCUT2D eigenvalue weighted by molar-refractivity contribution is 6.01. The van der Waals surface area contributed by atoms with Crippen LogP contribution >= 0.6 is 12.4 Å². The molecule has 0 saturated carbocycles. The fraction of sp³-hybridized carbons (Fsp3) is 0.286. The third kappa shape index (κ3) is 4.53. The van der Waals surface area contributed by atoms with E-state index in [0.717, 1.165) is 34.8 Å². The van der Waals surface area contributed by atoms with Crippen LogP contribution in [0.15, 0.2) is 84.2 Å². The molecule has 0 radical (unpaired) electrons. The number of anilines is 2. The van der Waals surface area contributed by atoms with Crippen molar-refractivity contribution in [1.82, 2.24) is 4.98 Å². The Kier molecular flexibility index (Phi) is 6.31. The molecular weight excluding hydrogens is 430 g/mol. The molecule has 1 atom stereocenters. The van der Waals surface area contributed by atoms with Crippen LogP contribution in [0.1, 0.15) is 49.4 Å². The lowest BCUT2D eigenvalue weighted by atomic mass is 9.73. The molecule has 2 aromatic carbocycles. The number of hydrogen-bond acceptors (Lipinski definition) is 4. The van der Waals surface area contributed by atoms with Gasteiger partial charge in [0.1, 0.15) is 0 Å². The molecule has 3 aromatic rings. The third-order valence-electron chi connectivity index (χ3n) is 6.40. The van der Waals surface area contributed by atoms with E-state index in [1.807, 2.05) is 18.3 Å². The molecule has 1 N–H and O–H groups in total. The number of hydrogen-bond donors (Lipinski definition) is 1.